The molecule has 5 aromatic carbocycles. The third kappa shape index (κ3) is 5.59. The van der Waals surface area contributed by atoms with Crippen LogP contribution in [0.5, 0.6) is 0 Å². The van der Waals surface area contributed by atoms with Crippen molar-refractivity contribution in [2.45, 2.75) is 18.4 Å². The van der Waals surface area contributed by atoms with Crippen molar-refractivity contribution in [1.82, 2.24) is 14.7 Å². The van der Waals surface area contributed by atoms with Crippen molar-refractivity contribution < 1.29 is 14.7 Å². The third-order valence-corrected chi connectivity index (χ3v) is 9.76. The lowest BCUT2D eigenvalue weighted by Crippen LogP contribution is -2.43. The van der Waals surface area contributed by atoms with Crippen molar-refractivity contribution in [2.24, 2.45) is 5.92 Å². The van der Waals surface area contributed by atoms with Crippen molar-refractivity contribution >= 4 is 51.9 Å². The highest BCUT2D eigenvalue weighted by molar-refractivity contribution is 6.39. The van der Waals surface area contributed by atoms with E-state index in [9.17, 15) is 14.7 Å². The molecular formula is C39H32Cl2N4O3. The third-order valence-electron chi connectivity index (χ3n) is 9.13. The Morgan fingerprint density at radius 1 is 0.771 bits per heavy atom. The molecule has 1 fully saturated rings. The fraction of sp³-hybridized carbons (Fsp3) is 0.154. The number of carboxylic acid groups (broad SMARTS) is 1. The largest absolute Gasteiger partial charge is 0.465 e. The van der Waals surface area contributed by atoms with Crippen LogP contribution in [0.15, 0.2) is 127 Å². The maximum absolute atomic E-state index is 13.9. The summed E-state index contributed by atoms with van der Waals surface area (Å²) in [6.07, 6.45) is 0.159. The molecule has 0 radical (unpaired) electrons. The van der Waals surface area contributed by atoms with Gasteiger partial charge in [-0.3, -0.25) is 4.79 Å². The topological polar surface area (TPSA) is 87.5 Å². The number of piperidine rings is 1. The number of benzene rings is 5. The molecule has 6 aromatic rings. The Balaban J connectivity index is 1.49. The number of halogens is 2. The smallest absolute Gasteiger partial charge is 0.407 e. The molecule has 0 bridgehead atoms. The fourth-order valence-corrected chi connectivity index (χ4v) is 7.50. The zero-order valence-electron chi connectivity index (χ0n) is 25.9. The first-order valence-corrected chi connectivity index (χ1v) is 16.6. The van der Waals surface area contributed by atoms with Crippen LogP contribution in [-0.2, 0) is 10.3 Å². The first-order chi connectivity index (χ1) is 23.4. The minimum Gasteiger partial charge on any atom is -0.465 e. The van der Waals surface area contributed by atoms with Crippen molar-refractivity contribution in [3.05, 3.63) is 154 Å². The molecule has 240 valence electrons. The second kappa shape index (κ2) is 13.2. The van der Waals surface area contributed by atoms with Gasteiger partial charge in [-0.1, -0.05) is 126 Å². The summed E-state index contributed by atoms with van der Waals surface area (Å²) in [7, 11) is 0. The Labute approximate surface area is 288 Å². The zero-order valence-corrected chi connectivity index (χ0v) is 27.4. The van der Waals surface area contributed by atoms with E-state index < -0.39 is 17.6 Å². The number of likely N-dealkylation sites (tertiary alicyclic amines) is 1. The molecule has 2 heterocycles. The normalized spacial score (nSPS) is 15.0. The number of anilines is 1. The summed E-state index contributed by atoms with van der Waals surface area (Å²) in [6.45, 7) is 0.536. The summed E-state index contributed by atoms with van der Waals surface area (Å²) in [5.41, 5.74) is 4.21. The second-order valence-electron chi connectivity index (χ2n) is 12.0. The van der Waals surface area contributed by atoms with E-state index in [1.54, 1.807) is 18.2 Å². The number of fused-ring (bicyclic) bond motifs is 1. The Kier molecular flexibility index (Phi) is 8.65. The summed E-state index contributed by atoms with van der Waals surface area (Å²) in [5, 5.41) is 19.7. The van der Waals surface area contributed by atoms with Gasteiger partial charge in [0.15, 0.2) is 5.82 Å². The summed E-state index contributed by atoms with van der Waals surface area (Å²) in [5.74, 6) is -0.434. The molecule has 48 heavy (non-hydrogen) atoms. The van der Waals surface area contributed by atoms with Crippen molar-refractivity contribution in [2.75, 3.05) is 18.4 Å². The molecule has 7 rings (SSSR count). The van der Waals surface area contributed by atoms with Crippen molar-refractivity contribution in [3.63, 3.8) is 0 Å². The van der Waals surface area contributed by atoms with E-state index >= 15 is 0 Å². The van der Waals surface area contributed by atoms with Gasteiger partial charge in [-0.25, -0.2) is 9.48 Å². The maximum atomic E-state index is 13.9. The van der Waals surface area contributed by atoms with Crippen LogP contribution in [0, 0.1) is 5.92 Å². The number of amides is 2. The van der Waals surface area contributed by atoms with Crippen LogP contribution in [0.3, 0.4) is 0 Å². The lowest BCUT2D eigenvalue weighted by Gasteiger charge is -2.37. The van der Waals surface area contributed by atoms with E-state index in [1.807, 2.05) is 77.5 Å². The number of hydrogen-bond acceptors (Lipinski definition) is 3. The van der Waals surface area contributed by atoms with Gasteiger partial charge in [0.1, 0.15) is 5.54 Å². The first kappa shape index (κ1) is 31.5. The van der Waals surface area contributed by atoms with Gasteiger partial charge in [-0.05, 0) is 59.4 Å². The van der Waals surface area contributed by atoms with Gasteiger partial charge in [0, 0.05) is 34.1 Å². The fourth-order valence-electron chi connectivity index (χ4n) is 6.88. The van der Waals surface area contributed by atoms with Gasteiger partial charge in [-0.15, -0.1) is 0 Å². The molecular weight excluding hydrogens is 643 g/mol. The van der Waals surface area contributed by atoms with E-state index in [-0.39, 0.29) is 12.5 Å². The highest BCUT2D eigenvalue weighted by atomic mass is 35.5. The van der Waals surface area contributed by atoms with Gasteiger partial charge in [-0.2, -0.15) is 5.10 Å². The Morgan fingerprint density at radius 2 is 1.33 bits per heavy atom. The van der Waals surface area contributed by atoms with E-state index in [4.69, 9.17) is 28.3 Å². The van der Waals surface area contributed by atoms with Gasteiger partial charge >= 0.3 is 6.09 Å². The minimum atomic E-state index is -1.03. The predicted molar refractivity (Wildman–Crippen MR) is 191 cm³/mol. The monoisotopic (exact) mass is 674 g/mol. The lowest BCUT2D eigenvalue weighted by atomic mass is 9.77. The molecule has 0 spiro atoms. The number of nitrogens with zero attached hydrogens (tertiary/aromatic N) is 3. The van der Waals surface area contributed by atoms with Crippen LogP contribution in [-0.4, -0.2) is 44.9 Å². The maximum Gasteiger partial charge on any atom is 0.407 e. The molecule has 7 nitrogen and oxygen atoms in total. The molecule has 1 aromatic heterocycles. The molecule has 0 saturated carbocycles. The molecule has 1 saturated heterocycles. The first-order valence-electron chi connectivity index (χ1n) is 15.8. The Morgan fingerprint density at radius 3 is 1.88 bits per heavy atom. The average molecular weight is 676 g/mol. The number of hydrogen-bond donors (Lipinski definition) is 2. The van der Waals surface area contributed by atoms with Crippen molar-refractivity contribution in [3.8, 4) is 11.1 Å². The standard InChI is InChI=1S/C39H32Cl2N4O3/c40-32-19-10-20-33(41)35(32)26-21-22-34-31(24-26)36(42-37(46)27-12-11-23-44(25-27)38(47)48)43-45(34)39(28-13-4-1-5-14-28,29-15-6-2-7-16-29)30-17-8-3-9-18-30/h1-10,13-22,24,27H,11-12,23,25H2,(H,47,48)(H,42,43,46)/t27-/m0/s1. The summed E-state index contributed by atoms with van der Waals surface area (Å²) in [6, 6.07) is 41.9. The van der Waals surface area contributed by atoms with Crippen LogP contribution in [0.4, 0.5) is 10.6 Å². The molecule has 1 aliphatic heterocycles. The molecule has 0 aliphatic carbocycles. The van der Waals surface area contributed by atoms with E-state index in [0.717, 1.165) is 27.8 Å². The average Bonchev–Trinajstić information content (AvgIpc) is 3.47. The zero-order chi connectivity index (χ0) is 33.3. The predicted octanol–water partition coefficient (Wildman–Crippen LogP) is 9.18. The summed E-state index contributed by atoms with van der Waals surface area (Å²) < 4.78 is 1.99. The minimum absolute atomic E-state index is 0.127. The number of nitrogens with one attached hydrogen (secondary N) is 1. The quantitative estimate of drug-likeness (QED) is 0.165. The van der Waals surface area contributed by atoms with Gasteiger partial charge in [0.25, 0.3) is 0 Å². The molecule has 2 amide bonds. The van der Waals surface area contributed by atoms with E-state index in [1.165, 1.54) is 4.90 Å². The van der Waals surface area contributed by atoms with Crippen LogP contribution in [0.1, 0.15) is 29.5 Å². The molecule has 0 unspecified atom stereocenters. The van der Waals surface area contributed by atoms with E-state index in [0.29, 0.717) is 46.2 Å². The lowest BCUT2D eigenvalue weighted by molar-refractivity contribution is -0.121. The van der Waals surface area contributed by atoms with Crippen LogP contribution < -0.4 is 5.32 Å². The second-order valence-corrected chi connectivity index (χ2v) is 12.8. The number of carbonyl (C=O) groups is 2. The van der Waals surface area contributed by atoms with Crippen LogP contribution in [0.25, 0.3) is 22.0 Å². The summed E-state index contributed by atoms with van der Waals surface area (Å²) >= 11 is 13.3. The Bertz CT molecular complexity index is 1990. The van der Waals surface area contributed by atoms with Crippen LogP contribution in [0.2, 0.25) is 10.0 Å². The number of aromatic nitrogens is 2. The van der Waals surface area contributed by atoms with Gasteiger partial charge in [0.2, 0.25) is 5.91 Å². The molecule has 1 atom stereocenters. The molecule has 9 heteroatoms. The Hall–Kier alpha value is -5.11. The number of rotatable bonds is 7. The van der Waals surface area contributed by atoms with E-state index in [2.05, 4.69) is 41.7 Å². The molecule has 2 N–H and O–H groups in total. The van der Waals surface area contributed by atoms with Crippen molar-refractivity contribution in [1.29, 1.82) is 0 Å². The van der Waals surface area contributed by atoms with Crippen LogP contribution >= 0.6 is 23.2 Å². The highest BCUT2D eigenvalue weighted by Gasteiger charge is 2.41. The SMILES string of the molecule is O=C(Nc1nn(C(c2ccccc2)(c2ccccc2)c2ccccc2)c2ccc(-c3c(Cl)cccc3Cl)cc12)[C@H]1CCCN(C(=O)O)C1. The number of carbonyl (C=O) groups excluding carboxylic acids is 1. The highest BCUT2D eigenvalue weighted by Crippen LogP contribution is 2.45. The summed E-state index contributed by atoms with van der Waals surface area (Å²) in [4.78, 5) is 26.9. The van der Waals surface area contributed by atoms with Gasteiger partial charge < -0.3 is 15.3 Å². The van der Waals surface area contributed by atoms with Gasteiger partial charge in [0.05, 0.1) is 11.4 Å². The molecule has 1 aliphatic rings.